The Labute approximate surface area is 191 Å². The van der Waals surface area contributed by atoms with Gasteiger partial charge in [0.25, 0.3) is 5.91 Å². The van der Waals surface area contributed by atoms with Crippen LogP contribution in [0.1, 0.15) is 11.4 Å². The van der Waals surface area contributed by atoms with Crippen molar-refractivity contribution in [1.29, 1.82) is 0 Å². The quantitative estimate of drug-likeness (QED) is 0.466. The largest absolute Gasteiger partial charge is 0.483 e. The van der Waals surface area contributed by atoms with Gasteiger partial charge in [-0.15, -0.1) is 0 Å². The minimum Gasteiger partial charge on any atom is -0.483 e. The second kappa shape index (κ2) is 8.55. The third kappa shape index (κ3) is 4.14. The number of rotatable bonds is 5. The molecule has 0 fully saturated rings. The van der Waals surface area contributed by atoms with Crippen molar-refractivity contribution in [1.82, 2.24) is 9.55 Å². The molecular weight excluding hydrogens is 424 g/mol. The number of ether oxygens (including phenoxy) is 1. The molecule has 5 rings (SSSR count). The van der Waals surface area contributed by atoms with E-state index in [0.29, 0.717) is 5.02 Å². The Bertz CT molecular complexity index is 1280. The molecule has 0 unspecified atom stereocenters. The molecule has 32 heavy (non-hydrogen) atoms. The van der Waals surface area contributed by atoms with Crippen molar-refractivity contribution in [2.75, 3.05) is 23.4 Å². The normalized spacial score (nSPS) is 13.1. The van der Waals surface area contributed by atoms with Crippen molar-refractivity contribution in [2.24, 2.45) is 0 Å². The Morgan fingerprint density at radius 3 is 2.72 bits per heavy atom. The number of aromatic nitrogens is 2. The van der Waals surface area contributed by atoms with Crippen LogP contribution in [-0.4, -0.2) is 28.6 Å². The summed E-state index contributed by atoms with van der Waals surface area (Å²) in [5.41, 5.74) is 4.89. The van der Waals surface area contributed by atoms with Crippen LogP contribution in [0.15, 0.2) is 66.7 Å². The number of imidazole rings is 1. The Kier molecular flexibility index (Phi) is 5.45. The Hall–Kier alpha value is -3.51. The SMILES string of the molecule is Cc1ccccc1OCC(=O)Nc1ccc(N2CCn3c(nc4cc(Cl)ccc43)C2)cc1. The molecule has 0 spiro atoms. The molecule has 1 N–H and O–H groups in total. The molecule has 7 heteroatoms. The standard InChI is InChI=1S/C25H23ClN4O2/c1-17-4-2-3-5-23(17)32-16-25(31)27-19-7-9-20(10-8-19)29-12-13-30-22-11-6-18(26)14-21(22)28-24(30)15-29/h2-11,14H,12-13,15-16H2,1H3,(H,27,31). The van der Waals surface area contributed by atoms with Gasteiger partial charge < -0.3 is 19.5 Å². The Morgan fingerprint density at radius 2 is 1.91 bits per heavy atom. The molecule has 1 aliphatic rings. The highest BCUT2D eigenvalue weighted by molar-refractivity contribution is 6.31. The van der Waals surface area contributed by atoms with Crippen LogP contribution in [0.3, 0.4) is 0 Å². The topological polar surface area (TPSA) is 59.4 Å². The fourth-order valence-corrected chi connectivity index (χ4v) is 4.19. The first-order chi connectivity index (χ1) is 15.6. The maximum Gasteiger partial charge on any atom is 0.262 e. The molecule has 0 bridgehead atoms. The highest BCUT2D eigenvalue weighted by atomic mass is 35.5. The zero-order valence-electron chi connectivity index (χ0n) is 17.7. The van der Waals surface area contributed by atoms with Crippen molar-refractivity contribution >= 4 is 39.9 Å². The summed E-state index contributed by atoms with van der Waals surface area (Å²) in [7, 11) is 0. The Balaban J connectivity index is 1.22. The fraction of sp³-hybridized carbons (Fsp3) is 0.200. The van der Waals surface area contributed by atoms with E-state index in [4.69, 9.17) is 21.3 Å². The monoisotopic (exact) mass is 446 g/mol. The number of hydrogen-bond acceptors (Lipinski definition) is 4. The second-order valence-corrected chi connectivity index (χ2v) is 8.32. The van der Waals surface area contributed by atoms with Crippen molar-refractivity contribution in [3.05, 3.63) is 83.1 Å². The van der Waals surface area contributed by atoms with Gasteiger partial charge in [-0.3, -0.25) is 4.79 Å². The molecule has 0 saturated carbocycles. The maximum absolute atomic E-state index is 12.3. The van der Waals surface area contributed by atoms with E-state index in [0.717, 1.165) is 59.2 Å². The van der Waals surface area contributed by atoms with E-state index in [1.54, 1.807) is 0 Å². The second-order valence-electron chi connectivity index (χ2n) is 7.88. The number of nitrogens with zero attached hydrogens (tertiary/aromatic N) is 3. The highest BCUT2D eigenvalue weighted by Crippen LogP contribution is 2.27. The summed E-state index contributed by atoms with van der Waals surface area (Å²) in [6.07, 6.45) is 0. The maximum atomic E-state index is 12.3. The van der Waals surface area contributed by atoms with E-state index in [-0.39, 0.29) is 12.5 Å². The summed E-state index contributed by atoms with van der Waals surface area (Å²) in [6.45, 7) is 4.40. The van der Waals surface area contributed by atoms with E-state index >= 15 is 0 Å². The average Bonchev–Trinajstić information content (AvgIpc) is 3.15. The van der Waals surface area contributed by atoms with E-state index in [1.165, 1.54) is 0 Å². The van der Waals surface area contributed by atoms with Gasteiger partial charge in [-0.1, -0.05) is 29.8 Å². The van der Waals surface area contributed by atoms with Crippen LogP contribution in [0.2, 0.25) is 5.02 Å². The summed E-state index contributed by atoms with van der Waals surface area (Å²) in [5, 5.41) is 3.59. The van der Waals surface area contributed by atoms with E-state index in [9.17, 15) is 4.79 Å². The Morgan fingerprint density at radius 1 is 1.09 bits per heavy atom. The van der Waals surface area contributed by atoms with Gasteiger partial charge in [0, 0.05) is 29.5 Å². The number of benzene rings is 3. The van der Waals surface area contributed by atoms with Crippen molar-refractivity contribution in [3.8, 4) is 5.75 Å². The number of aryl methyl sites for hydroxylation is 1. The van der Waals surface area contributed by atoms with Crippen LogP contribution < -0.4 is 15.0 Å². The van der Waals surface area contributed by atoms with Crippen LogP contribution in [0, 0.1) is 6.92 Å². The molecule has 1 amide bonds. The molecule has 0 atom stereocenters. The number of carbonyl (C=O) groups excluding carboxylic acids is 1. The molecule has 0 saturated heterocycles. The lowest BCUT2D eigenvalue weighted by atomic mass is 10.2. The van der Waals surface area contributed by atoms with Gasteiger partial charge in [0.2, 0.25) is 0 Å². The zero-order valence-corrected chi connectivity index (χ0v) is 18.5. The average molecular weight is 447 g/mol. The third-order valence-corrected chi connectivity index (χ3v) is 5.92. The lowest BCUT2D eigenvalue weighted by Crippen LogP contribution is -2.33. The summed E-state index contributed by atoms with van der Waals surface area (Å²) in [4.78, 5) is 19.3. The van der Waals surface area contributed by atoms with Gasteiger partial charge in [-0.25, -0.2) is 4.98 Å². The van der Waals surface area contributed by atoms with Gasteiger partial charge in [-0.05, 0) is 61.0 Å². The minimum absolute atomic E-state index is 0.0288. The lowest BCUT2D eigenvalue weighted by Gasteiger charge is -2.30. The van der Waals surface area contributed by atoms with Crippen molar-refractivity contribution in [2.45, 2.75) is 20.0 Å². The number of hydrogen-bond donors (Lipinski definition) is 1. The summed E-state index contributed by atoms with van der Waals surface area (Å²) in [6, 6.07) is 21.4. The van der Waals surface area contributed by atoms with Crippen LogP contribution in [0.4, 0.5) is 11.4 Å². The minimum atomic E-state index is -0.189. The first kappa shape index (κ1) is 20.4. The molecule has 4 aromatic rings. The number of carbonyl (C=O) groups is 1. The molecular formula is C25H23ClN4O2. The molecule has 1 aromatic heterocycles. The van der Waals surface area contributed by atoms with E-state index < -0.39 is 0 Å². The van der Waals surface area contributed by atoms with Gasteiger partial charge in [0.15, 0.2) is 6.61 Å². The smallest absolute Gasteiger partial charge is 0.262 e. The van der Waals surface area contributed by atoms with Crippen molar-refractivity contribution < 1.29 is 9.53 Å². The summed E-state index contributed by atoms with van der Waals surface area (Å²) >= 11 is 6.12. The van der Waals surface area contributed by atoms with E-state index in [1.807, 2.05) is 73.7 Å². The van der Waals surface area contributed by atoms with Crippen LogP contribution >= 0.6 is 11.6 Å². The summed E-state index contributed by atoms with van der Waals surface area (Å²) < 4.78 is 7.87. The van der Waals surface area contributed by atoms with Crippen LogP contribution in [0.5, 0.6) is 5.75 Å². The van der Waals surface area contributed by atoms with Gasteiger partial charge >= 0.3 is 0 Å². The van der Waals surface area contributed by atoms with Crippen molar-refractivity contribution in [3.63, 3.8) is 0 Å². The van der Waals surface area contributed by atoms with Gasteiger partial charge in [0.05, 0.1) is 17.6 Å². The highest BCUT2D eigenvalue weighted by Gasteiger charge is 2.20. The molecule has 0 aliphatic carbocycles. The molecule has 3 aromatic carbocycles. The first-order valence-corrected chi connectivity index (χ1v) is 10.9. The fourth-order valence-electron chi connectivity index (χ4n) is 4.03. The predicted octanol–water partition coefficient (Wildman–Crippen LogP) is 5.04. The zero-order chi connectivity index (χ0) is 22.1. The molecule has 1 aliphatic heterocycles. The number of nitrogens with one attached hydrogen (secondary N) is 1. The molecule has 2 heterocycles. The molecule has 0 radical (unpaired) electrons. The van der Waals surface area contributed by atoms with Crippen LogP contribution in [0.25, 0.3) is 11.0 Å². The lowest BCUT2D eigenvalue weighted by molar-refractivity contribution is -0.118. The number of para-hydroxylation sites is 1. The number of halogens is 1. The van der Waals surface area contributed by atoms with E-state index in [2.05, 4.69) is 14.8 Å². The first-order valence-electron chi connectivity index (χ1n) is 10.5. The molecule has 6 nitrogen and oxygen atoms in total. The third-order valence-electron chi connectivity index (χ3n) is 5.68. The van der Waals surface area contributed by atoms with Gasteiger partial charge in [0.1, 0.15) is 11.6 Å². The predicted molar refractivity (Wildman–Crippen MR) is 128 cm³/mol. The number of fused-ring (bicyclic) bond motifs is 3. The van der Waals surface area contributed by atoms with Crippen LogP contribution in [-0.2, 0) is 17.9 Å². The summed E-state index contributed by atoms with van der Waals surface area (Å²) in [5.74, 6) is 1.56. The number of amides is 1. The molecule has 162 valence electrons. The van der Waals surface area contributed by atoms with Gasteiger partial charge in [-0.2, -0.15) is 0 Å². The number of anilines is 2.